The smallest absolute Gasteiger partial charge is 0.315 e. The van der Waals surface area contributed by atoms with E-state index in [1.54, 1.807) is 0 Å². The molecule has 0 amide bonds. The standard InChI is InChI=1S/C29H36O4/c1-19-11-14-25(22-12-15-24-21(17-22)13-16-26(24)30)27(20(19)2)32-18-29(3,4)28(31)33-23-9-7-5-6-8-10-23/h11-12,14-15,17,23H,5-10,13,16,18H2,1-4H3. The van der Waals surface area contributed by atoms with Gasteiger partial charge in [-0.15, -0.1) is 0 Å². The van der Waals surface area contributed by atoms with E-state index in [2.05, 4.69) is 32.0 Å². The van der Waals surface area contributed by atoms with Crippen LogP contribution in [0.2, 0.25) is 0 Å². The second kappa shape index (κ2) is 9.70. The third kappa shape index (κ3) is 5.15. The van der Waals surface area contributed by atoms with Gasteiger partial charge in [0.15, 0.2) is 5.78 Å². The van der Waals surface area contributed by atoms with Crippen LogP contribution in [-0.4, -0.2) is 24.5 Å². The summed E-state index contributed by atoms with van der Waals surface area (Å²) in [4.78, 5) is 25.0. The Balaban J connectivity index is 1.53. The molecule has 0 radical (unpaired) electrons. The third-order valence-corrected chi connectivity index (χ3v) is 7.22. The number of hydrogen-bond acceptors (Lipinski definition) is 4. The Morgan fingerprint density at radius 2 is 1.67 bits per heavy atom. The molecule has 4 heteroatoms. The van der Waals surface area contributed by atoms with Gasteiger partial charge in [0.05, 0.1) is 5.41 Å². The molecular formula is C29H36O4. The highest BCUT2D eigenvalue weighted by Crippen LogP contribution is 2.38. The SMILES string of the molecule is Cc1ccc(-c2ccc3c(c2)CCC3=O)c(OCC(C)(C)C(=O)OC2CCCCCC2)c1C. The van der Waals surface area contributed by atoms with E-state index in [4.69, 9.17) is 9.47 Å². The molecule has 2 aliphatic carbocycles. The quantitative estimate of drug-likeness (QED) is 0.361. The predicted molar refractivity (Wildman–Crippen MR) is 131 cm³/mol. The Morgan fingerprint density at radius 1 is 0.970 bits per heavy atom. The molecule has 0 spiro atoms. The van der Waals surface area contributed by atoms with Crippen LogP contribution in [-0.2, 0) is 16.0 Å². The van der Waals surface area contributed by atoms with E-state index in [1.807, 2.05) is 26.0 Å². The molecule has 4 nitrogen and oxygen atoms in total. The van der Waals surface area contributed by atoms with Crippen molar-refractivity contribution in [3.63, 3.8) is 0 Å². The van der Waals surface area contributed by atoms with Crippen molar-refractivity contribution in [3.05, 3.63) is 52.6 Å². The van der Waals surface area contributed by atoms with Crippen molar-refractivity contribution in [3.8, 4) is 16.9 Å². The molecule has 2 aromatic carbocycles. The third-order valence-electron chi connectivity index (χ3n) is 7.22. The molecule has 33 heavy (non-hydrogen) atoms. The molecule has 0 saturated heterocycles. The molecule has 0 aliphatic heterocycles. The number of rotatable bonds is 6. The van der Waals surface area contributed by atoms with Crippen molar-refractivity contribution >= 4 is 11.8 Å². The van der Waals surface area contributed by atoms with Gasteiger partial charge < -0.3 is 9.47 Å². The van der Waals surface area contributed by atoms with Crippen LogP contribution >= 0.6 is 0 Å². The van der Waals surface area contributed by atoms with Crippen LogP contribution in [0.25, 0.3) is 11.1 Å². The molecule has 1 saturated carbocycles. The van der Waals surface area contributed by atoms with E-state index in [0.717, 1.165) is 71.2 Å². The number of ether oxygens (including phenoxy) is 2. The van der Waals surface area contributed by atoms with Crippen LogP contribution in [0.4, 0.5) is 0 Å². The fraction of sp³-hybridized carbons (Fsp3) is 0.517. The van der Waals surface area contributed by atoms with Crippen molar-refractivity contribution in [1.82, 2.24) is 0 Å². The zero-order valence-corrected chi connectivity index (χ0v) is 20.5. The molecule has 0 bridgehead atoms. The molecule has 2 aliphatic rings. The number of hydrogen-bond donors (Lipinski definition) is 0. The number of carbonyl (C=O) groups excluding carboxylic acids is 2. The zero-order chi connectivity index (χ0) is 23.6. The molecule has 4 rings (SSSR count). The van der Waals surface area contributed by atoms with Gasteiger partial charge in [-0.2, -0.15) is 0 Å². The van der Waals surface area contributed by atoms with Gasteiger partial charge in [-0.1, -0.05) is 43.2 Å². The lowest BCUT2D eigenvalue weighted by Crippen LogP contribution is -2.35. The van der Waals surface area contributed by atoms with E-state index in [9.17, 15) is 9.59 Å². The highest BCUT2D eigenvalue weighted by Gasteiger charge is 2.33. The van der Waals surface area contributed by atoms with E-state index < -0.39 is 5.41 Å². The van der Waals surface area contributed by atoms with Gasteiger partial charge in [0, 0.05) is 17.5 Å². The molecule has 0 heterocycles. The zero-order valence-electron chi connectivity index (χ0n) is 20.5. The Bertz CT molecular complexity index is 1040. The van der Waals surface area contributed by atoms with Gasteiger partial charge >= 0.3 is 5.97 Å². The first-order valence-electron chi connectivity index (χ1n) is 12.4. The summed E-state index contributed by atoms with van der Waals surface area (Å²) in [7, 11) is 0. The lowest BCUT2D eigenvalue weighted by molar-refractivity contribution is -0.161. The highest BCUT2D eigenvalue weighted by atomic mass is 16.5. The van der Waals surface area contributed by atoms with Crippen LogP contribution in [0.5, 0.6) is 5.75 Å². The molecule has 176 valence electrons. The van der Waals surface area contributed by atoms with Crippen molar-refractivity contribution in [1.29, 1.82) is 0 Å². The van der Waals surface area contributed by atoms with Gasteiger partial charge in [0.25, 0.3) is 0 Å². The van der Waals surface area contributed by atoms with E-state index in [0.29, 0.717) is 6.42 Å². The minimum atomic E-state index is -0.746. The molecule has 0 aromatic heterocycles. The van der Waals surface area contributed by atoms with Crippen molar-refractivity contribution in [2.24, 2.45) is 5.41 Å². The van der Waals surface area contributed by atoms with Crippen LogP contribution in [0.15, 0.2) is 30.3 Å². The topological polar surface area (TPSA) is 52.6 Å². The first kappa shape index (κ1) is 23.5. The average Bonchev–Trinajstić information content (AvgIpc) is 2.97. The summed E-state index contributed by atoms with van der Waals surface area (Å²) in [5, 5.41) is 0. The number of carbonyl (C=O) groups is 2. The lowest BCUT2D eigenvalue weighted by atomic mass is 9.93. The molecular weight excluding hydrogens is 412 g/mol. The summed E-state index contributed by atoms with van der Waals surface area (Å²) in [5.74, 6) is 0.842. The number of esters is 1. The minimum absolute atomic E-state index is 0.0321. The Kier molecular flexibility index (Phi) is 6.92. The normalized spacial score (nSPS) is 16.9. The van der Waals surface area contributed by atoms with Crippen LogP contribution in [0, 0.1) is 19.3 Å². The van der Waals surface area contributed by atoms with Crippen LogP contribution in [0.1, 0.15) is 85.8 Å². The number of benzene rings is 2. The minimum Gasteiger partial charge on any atom is -0.491 e. The van der Waals surface area contributed by atoms with Gasteiger partial charge in [0.2, 0.25) is 0 Å². The van der Waals surface area contributed by atoms with Gasteiger partial charge in [-0.25, -0.2) is 0 Å². The molecule has 0 N–H and O–H groups in total. The Morgan fingerprint density at radius 3 is 2.39 bits per heavy atom. The second-order valence-electron chi connectivity index (χ2n) is 10.4. The summed E-state index contributed by atoms with van der Waals surface area (Å²) < 4.78 is 12.3. The van der Waals surface area contributed by atoms with Gasteiger partial charge in [-0.3, -0.25) is 9.59 Å². The Labute approximate surface area is 197 Å². The van der Waals surface area contributed by atoms with E-state index >= 15 is 0 Å². The van der Waals surface area contributed by atoms with Crippen molar-refractivity contribution in [2.75, 3.05) is 6.61 Å². The highest BCUT2D eigenvalue weighted by molar-refractivity contribution is 6.01. The Hall–Kier alpha value is -2.62. The number of fused-ring (bicyclic) bond motifs is 1. The first-order chi connectivity index (χ1) is 15.8. The summed E-state index contributed by atoms with van der Waals surface area (Å²) in [6.07, 6.45) is 8.06. The summed E-state index contributed by atoms with van der Waals surface area (Å²) in [5.41, 5.74) is 5.44. The molecule has 0 unspecified atom stereocenters. The molecule has 0 atom stereocenters. The summed E-state index contributed by atoms with van der Waals surface area (Å²) in [6.45, 7) is 8.18. The van der Waals surface area contributed by atoms with Gasteiger partial charge in [0.1, 0.15) is 18.5 Å². The maximum atomic E-state index is 13.0. The van der Waals surface area contributed by atoms with Crippen molar-refractivity contribution in [2.45, 2.75) is 85.2 Å². The number of Topliss-reactive ketones (excluding diaryl/α,β-unsaturated/α-hetero) is 1. The van der Waals surface area contributed by atoms with Crippen LogP contribution < -0.4 is 4.74 Å². The maximum Gasteiger partial charge on any atom is 0.315 e. The van der Waals surface area contributed by atoms with Gasteiger partial charge in [-0.05, 0) is 82.1 Å². The van der Waals surface area contributed by atoms with Crippen molar-refractivity contribution < 1.29 is 19.1 Å². The molecule has 1 fully saturated rings. The number of aryl methyl sites for hydroxylation is 2. The average molecular weight is 449 g/mol. The lowest BCUT2D eigenvalue weighted by Gasteiger charge is -2.27. The fourth-order valence-corrected chi connectivity index (χ4v) is 4.81. The van der Waals surface area contributed by atoms with Crippen LogP contribution in [0.3, 0.4) is 0 Å². The predicted octanol–water partition coefficient (Wildman–Crippen LogP) is 6.77. The maximum absolute atomic E-state index is 13.0. The molecule has 2 aromatic rings. The fourth-order valence-electron chi connectivity index (χ4n) is 4.81. The largest absolute Gasteiger partial charge is 0.491 e. The summed E-state index contributed by atoms with van der Waals surface area (Å²) in [6, 6.07) is 10.2. The summed E-state index contributed by atoms with van der Waals surface area (Å²) >= 11 is 0. The monoisotopic (exact) mass is 448 g/mol. The van der Waals surface area contributed by atoms with E-state index in [1.165, 1.54) is 12.8 Å². The number of ketones is 1. The van der Waals surface area contributed by atoms with E-state index in [-0.39, 0.29) is 24.5 Å². The second-order valence-corrected chi connectivity index (χ2v) is 10.4. The first-order valence-corrected chi connectivity index (χ1v) is 12.4.